The minimum Gasteiger partial charge on any atom is -0.454 e. The number of nitrogens with one attached hydrogen (secondary N) is 1. The van der Waals surface area contributed by atoms with Crippen molar-refractivity contribution in [2.24, 2.45) is 0 Å². The van der Waals surface area contributed by atoms with E-state index in [0.717, 1.165) is 96.3 Å². The van der Waals surface area contributed by atoms with E-state index in [1.807, 2.05) is 48.6 Å². The van der Waals surface area contributed by atoms with Gasteiger partial charge in [-0.2, -0.15) is 0 Å². The summed E-state index contributed by atoms with van der Waals surface area (Å²) >= 11 is 0. The topological polar surface area (TPSA) is 175 Å². The number of aliphatic hydroxyl groups is 5. The number of carbonyl (C=O) groups excluding carboxylic acids is 2. The average Bonchev–Trinajstić information content (AvgIpc) is 3.45. The Kier molecular flexibility index (Phi) is 50.0. The first-order chi connectivity index (χ1) is 38.2. The van der Waals surface area contributed by atoms with Crippen molar-refractivity contribution in [2.75, 3.05) is 13.2 Å². The fraction of sp³-hybridized carbons (Fsp3) is 0.701. The van der Waals surface area contributed by atoms with E-state index in [0.29, 0.717) is 12.8 Å². The van der Waals surface area contributed by atoms with Gasteiger partial charge in [0, 0.05) is 6.42 Å². The lowest BCUT2D eigenvalue weighted by molar-refractivity contribution is -0.305. The molecule has 0 aromatic rings. The van der Waals surface area contributed by atoms with Gasteiger partial charge in [-0.1, -0.05) is 252 Å². The number of unbranched alkanes of at least 4 members (excludes halogenated alkanes) is 24. The van der Waals surface area contributed by atoms with Gasteiger partial charge in [-0.3, -0.25) is 9.59 Å². The van der Waals surface area contributed by atoms with Crippen LogP contribution in [0.4, 0.5) is 0 Å². The Morgan fingerprint density at radius 3 is 1.53 bits per heavy atom. The van der Waals surface area contributed by atoms with Gasteiger partial charge in [0.25, 0.3) is 0 Å². The third-order valence-electron chi connectivity index (χ3n) is 14.0. The number of carbonyl (C=O) groups is 2. The fourth-order valence-corrected chi connectivity index (χ4v) is 9.06. The lowest BCUT2D eigenvalue weighted by Crippen LogP contribution is -2.61. The normalized spacial score (nSPS) is 19.7. The summed E-state index contributed by atoms with van der Waals surface area (Å²) in [5, 5.41) is 56.8. The Balaban J connectivity index is 2.63. The second kappa shape index (κ2) is 53.9. The Bertz CT molecular complexity index is 1680. The predicted molar refractivity (Wildman–Crippen MR) is 324 cm³/mol. The molecule has 0 spiro atoms. The summed E-state index contributed by atoms with van der Waals surface area (Å²) in [6.07, 6.45) is 62.8. The average molecular weight is 1090 g/mol. The quantitative estimate of drug-likeness (QED) is 0.0149. The minimum atomic E-state index is -1.63. The van der Waals surface area contributed by atoms with E-state index < -0.39 is 67.4 Å². The lowest BCUT2D eigenvalue weighted by atomic mass is 9.99. The number of hydrogen-bond donors (Lipinski definition) is 6. The molecule has 6 N–H and O–H groups in total. The Labute approximate surface area is 475 Å². The van der Waals surface area contributed by atoms with Crippen LogP contribution in [0, 0.1) is 0 Å². The summed E-state index contributed by atoms with van der Waals surface area (Å²) in [6.45, 7) is 5.57. The first kappa shape index (κ1) is 72.3. The second-order valence-corrected chi connectivity index (χ2v) is 21.1. The minimum absolute atomic E-state index is 0.105. The maximum atomic E-state index is 13.4. The SMILES string of the molecule is CC/C=C/C=C/C=C\C=C/CCCCC(O)C(=O)NC(COC1OC(CO)C(O)C(O)C1OC(=O)CCCCCCCCCCC/C=C\C/C=C\C/C=C\C/C=C\CCCCC)C(O)/C=C/CCCCCCCCCCCC. The molecule has 0 aromatic carbocycles. The second-order valence-electron chi connectivity index (χ2n) is 21.1. The molecule has 1 fully saturated rings. The zero-order valence-corrected chi connectivity index (χ0v) is 49.2. The number of allylic oxidation sites excluding steroid dienone is 17. The van der Waals surface area contributed by atoms with Gasteiger partial charge in [-0.05, 0) is 89.9 Å². The molecular formula is C67H113NO10. The summed E-state index contributed by atoms with van der Waals surface area (Å²) < 4.78 is 17.6. The van der Waals surface area contributed by atoms with Crippen molar-refractivity contribution >= 4 is 11.9 Å². The third kappa shape index (κ3) is 41.3. The number of ether oxygens (including phenoxy) is 3. The maximum absolute atomic E-state index is 13.4. The zero-order chi connectivity index (χ0) is 56.8. The van der Waals surface area contributed by atoms with Crippen LogP contribution >= 0.6 is 0 Å². The molecule has 1 rings (SSSR count). The Hall–Kier alpha value is -3.68. The van der Waals surface area contributed by atoms with Crippen LogP contribution in [-0.2, 0) is 23.8 Å². The van der Waals surface area contributed by atoms with E-state index in [1.54, 1.807) is 6.08 Å². The van der Waals surface area contributed by atoms with E-state index in [1.165, 1.54) is 96.3 Å². The van der Waals surface area contributed by atoms with E-state index in [-0.39, 0.29) is 19.4 Å². The number of esters is 1. The first-order valence-electron chi connectivity index (χ1n) is 31.2. The number of hydrogen-bond acceptors (Lipinski definition) is 10. The Morgan fingerprint density at radius 2 is 0.974 bits per heavy atom. The van der Waals surface area contributed by atoms with Crippen LogP contribution in [0.2, 0.25) is 0 Å². The van der Waals surface area contributed by atoms with Crippen molar-refractivity contribution in [3.8, 4) is 0 Å². The molecule has 0 radical (unpaired) electrons. The summed E-state index contributed by atoms with van der Waals surface area (Å²) in [5.41, 5.74) is 0. The molecule has 0 bridgehead atoms. The molecule has 78 heavy (non-hydrogen) atoms. The molecule has 1 saturated heterocycles. The van der Waals surface area contributed by atoms with Gasteiger partial charge >= 0.3 is 5.97 Å². The molecule has 1 heterocycles. The van der Waals surface area contributed by atoms with Crippen molar-refractivity contribution in [1.29, 1.82) is 0 Å². The summed E-state index contributed by atoms with van der Waals surface area (Å²) in [4.78, 5) is 26.5. The van der Waals surface area contributed by atoms with Crippen LogP contribution in [0.15, 0.2) is 109 Å². The molecule has 0 aliphatic carbocycles. The summed E-state index contributed by atoms with van der Waals surface area (Å²) in [5.74, 6) is -1.25. The molecule has 446 valence electrons. The highest BCUT2D eigenvalue weighted by Gasteiger charge is 2.47. The van der Waals surface area contributed by atoms with Gasteiger partial charge in [0.05, 0.1) is 25.4 Å². The smallest absolute Gasteiger partial charge is 0.306 e. The van der Waals surface area contributed by atoms with Crippen LogP contribution < -0.4 is 5.32 Å². The van der Waals surface area contributed by atoms with Crippen LogP contribution in [-0.4, -0.2) is 99.6 Å². The van der Waals surface area contributed by atoms with Crippen molar-refractivity contribution in [3.63, 3.8) is 0 Å². The van der Waals surface area contributed by atoms with Gasteiger partial charge in [0.2, 0.25) is 5.91 Å². The first-order valence-corrected chi connectivity index (χ1v) is 31.2. The van der Waals surface area contributed by atoms with Gasteiger partial charge in [-0.15, -0.1) is 0 Å². The molecule has 1 amide bonds. The molecule has 0 saturated carbocycles. The largest absolute Gasteiger partial charge is 0.454 e. The van der Waals surface area contributed by atoms with Crippen LogP contribution in [0.3, 0.4) is 0 Å². The van der Waals surface area contributed by atoms with Crippen LogP contribution in [0.25, 0.3) is 0 Å². The van der Waals surface area contributed by atoms with Gasteiger partial charge in [0.15, 0.2) is 12.4 Å². The predicted octanol–water partition coefficient (Wildman–Crippen LogP) is 14.9. The number of aliphatic hydroxyl groups excluding tert-OH is 5. The summed E-state index contributed by atoms with van der Waals surface area (Å²) in [7, 11) is 0. The monoisotopic (exact) mass is 1090 g/mol. The van der Waals surface area contributed by atoms with Crippen molar-refractivity contribution in [1.82, 2.24) is 5.32 Å². The number of amides is 1. The molecule has 8 atom stereocenters. The van der Waals surface area contributed by atoms with Gasteiger partial charge in [-0.25, -0.2) is 0 Å². The lowest BCUT2D eigenvalue weighted by Gasteiger charge is -2.41. The summed E-state index contributed by atoms with van der Waals surface area (Å²) in [6, 6.07) is -1.05. The zero-order valence-electron chi connectivity index (χ0n) is 49.2. The maximum Gasteiger partial charge on any atom is 0.306 e. The molecular weight excluding hydrogens is 979 g/mol. The molecule has 8 unspecified atom stereocenters. The van der Waals surface area contributed by atoms with E-state index in [4.69, 9.17) is 14.2 Å². The molecule has 0 aromatic heterocycles. The van der Waals surface area contributed by atoms with Crippen LogP contribution in [0.1, 0.15) is 239 Å². The standard InChI is InChI=1S/C67H113NO10/c1-4-7-10-13-16-19-22-25-26-27-28-29-30-31-32-33-34-35-36-37-40-43-46-49-52-55-62(72)78-65-64(74)63(73)61(56-69)77-67(65)76-57-58(59(70)53-50-47-44-41-38-23-20-17-14-11-8-5-2)68-66(75)60(71)54-51-48-45-42-39-24-21-18-15-12-9-6-3/h9,12,15-16,18-19,21,24-26,28-29,31-32,39,42,50,53,58-61,63-65,67,69-71,73-74H,4-8,10-11,13-14,17,20,22-23,27,30,33-38,40-41,43-49,51-52,54-57H2,1-3H3,(H,68,75)/b12-9+,18-15+,19-16-,24-21-,26-25-,29-28-,32-31-,42-39-,53-50+. The van der Waals surface area contributed by atoms with Crippen molar-refractivity contribution in [2.45, 2.75) is 288 Å². The van der Waals surface area contributed by atoms with E-state index in [9.17, 15) is 35.1 Å². The fourth-order valence-electron chi connectivity index (χ4n) is 9.06. The van der Waals surface area contributed by atoms with Gasteiger partial charge < -0.3 is 45.1 Å². The van der Waals surface area contributed by atoms with E-state index >= 15 is 0 Å². The van der Waals surface area contributed by atoms with Crippen molar-refractivity contribution in [3.05, 3.63) is 109 Å². The molecule has 11 nitrogen and oxygen atoms in total. The highest BCUT2D eigenvalue weighted by atomic mass is 16.7. The molecule has 11 heteroatoms. The van der Waals surface area contributed by atoms with Crippen LogP contribution in [0.5, 0.6) is 0 Å². The van der Waals surface area contributed by atoms with E-state index in [2.05, 4.69) is 80.8 Å². The van der Waals surface area contributed by atoms with Gasteiger partial charge in [0.1, 0.15) is 24.4 Å². The highest BCUT2D eigenvalue weighted by molar-refractivity contribution is 5.80. The highest BCUT2D eigenvalue weighted by Crippen LogP contribution is 2.26. The molecule has 1 aliphatic heterocycles. The number of rotatable bonds is 51. The Morgan fingerprint density at radius 1 is 0.526 bits per heavy atom. The third-order valence-corrected chi connectivity index (χ3v) is 14.0. The molecule has 1 aliphatic rings. The van der Waals surface area contributed by atoms with Crippen molar-refractivity contribution < 1.29 is 49.3 Å².